The van der Waals surface area contributed by atoms with Gasteiger partial charge in [0.1, 0.15) is 0 Å². The monoisotopic (exact) mass is 313 g/mol. The molecule has 0 spiro atoms. The van der Waals surface area contributed by atoms with E-state index in [2.05, 4.69) is 15.0 Å². The molecule has 3 rings (SSSR count). The first-order valence-electron chi connectivity index (χ1n) is 7.99. The molecule has 1 fully saturated rings. The van der Waals surface area contributed by atoms with E-state index in [4.69, 9.17) is 0 Å². The Kier molecular flexibility index (Phi) is 4.32. The number of amides is 1. The average Bonchev–Trinajstić information content (AvgIpc) is 3.00. The maximum Gasteiger partial charge on any atom is 0.225 e. The van der Waals surface area contributed by atoms with Gasteiger partial charge in [-0.05, 0) is 31.9 Å². The van der Waals surface area contributed by atoms with Crippen LogP contribution in [0.25, 0.3) is 5.69 Å². The van der Waals surface area contributed by atoms with Crippen LogP contribution in [0.5, 0.6) is 0 Å². The molecular weight excluding hydrogens is 290 g/mol. The third kappa shape index (κ3) is 3.21. The van der Waals surface area contributed by atoms with Crippen LogP contribution in [0.4, 0.5) is 5.69 Å². The summed E-state index contributed by atoms with van der Waals surface area (Å²) in [5.41, 5.74) is 3.10. The van der Waals surface area contributed by atoms with E-state index < -0.39 is 0 Å². The molecule has 0 aliphatic carbocycles. The number of aromatic nitrogens is 3. The number of nitrogens with zero attached hydrogens (tertiary/aromatic N) is 5. The summed E-state index contributed by atoms with van der Waals surface area (Å²) in [6.07, 6.45) is 7.40. The molecule has 0 bridgehead atoms. The normalized spacial score (nSPS) is 15.7. The van der Waals surface area contributed by atoms with Crippen LogP contribution in [0.3, 0.4) is 0 Å². The van der Waals surface area contributed by atoms with Gasteiger partial charge in [0, 0.05) is 45.5 Å². The second-order valence-electron chi connectivity index (χ2n) is 6.26. The van der Waals surface area contributed by atoms with Crippen molar-refractivity contribution in [1.82, 2.24) is 19.7 Å². The van der Waals surface area contributed by atoms with Crippen molar-refractivity contribution < 1.29 is 4.79 Å². The maximum absolute atomic E-state index is 12.1. The SMILES string of the molecule is Cc1ccn(-c2ccncc2N2CCC(C(=O)N(C)C)CC2)n1. The van der Waals surface area contributed by atoms with Gasteiger partial charge in [0.15, 0.2) is 0 Å². The van der Waals surface area contributed by atoms with Crippen molar-refractivity contribution in [2.75, 3.05) is 32.1 Å². The standard InChI is InChI=1S/C17H23N5O/c1-13-5-11-22(19-13)15-4-8-18-12-16(15)21-9-6-14(7-10-21)17(23)20(2)3/h4-5,8,11-12,14H,6-7,9-10H2,1-3H3. The fourth-order valence-corrected chi connectivity index (χ4v) is 3.10. The van der Waals surface area contributed by atoms with Crippen LogP contribution >= 0.6 is 0 Å². The van der Waals surface area contributed by atoms with Crippen LogP contribution in [0.15, 0.2) is 30.7 Å². The summed E-state index contributed by atoms with van der Waals surface area (Å²) in [5, 5.41) is 4.50. The summed E-state index contributed by atoms with van der Waals surface area (Å²) in [6, 6.07) is 3.98. The summed E-state index contributed by atoms with van der Waals surface area (Å²) in [7, 11) is 3.65. The molecule has 1 aliphatic heterocycles. The third-order valence-electron chi connectivity index (χ3n) is 4.37. The molecule has 1 amide bonds. The van der Waals surface area contributed by atoms with Gasteiger partial charge in [-0.2, -0.15) is 5.10 Å². The molecule has 122 valence electrons. The van der Waals surface area contributed by atoms with Crippen molar-refractivity contribution in [3.63, 3.8) is 0 Å². The molecule has 1 aliphatic rings. The van der Waals surface area contributed by atoms with E-state index in [9.17, 15) is 4.79 Å². The lowest BCUT2D eigenvalue weighted by Gasteiger charge is -2.34. The first-order valence-corrected chi connectivity index (χ1v) is 7.99. The molecule has 0 atom stereocenters. The molecule has 0 unspecified atom stereocenters. The van der Waals surface area contributed by atoms with Crippen molar-refractivity contribution in [3.05, 3.63) is 36.4 Å². The van der Waals surface area contributed by atoms with E-state index in [1.54, 1.807) is 11.1 Å². The molecule has 2 aromatic heterocycles. The van der Waals surface area contributed by atoms with Crippen LogP contribution in [0.1, 0.15) is 18.5 Å². The summed E-state index contributed by atoms with van der Waals surface area (Å²) in [5.74, 6) is 0.368. The Morgan fingerprint density at radius 2 is 1.96 bits per heavy atom. The number of rotatable bonds is 3. The van der Waals surface area contributed by atoms with E-state index in [0.29, 0.717) is 0 Å². The molecule has 0 radical (unpaired) electrons. The van der Waals surface area contributed by atoms with Gasteiger partial charge in [-0.15, -0.1) is 0 Å². The Bertz CT molecular complexity index is 686. The average molecular weight is 313 g/mol. The zero-order chi connectivity index (χ0) is 16.4. The molecule has 1 saturated heterocycles. The number of piperidine rings is 1. The summed E-state index contributed by atoms with van der Waals surface area (Å²) in [6.45, 7) is 3.71. The number of carbonyl (C=O) groups is 1. The number of anilines is 1. The topological polar surface area (TPSA) is 54.3 Å². The third-order valence-corrected chi connectivity index (χ3v) is 4.37. The smallest absolute Gasteiger partial charge is 0.225 e. The zero-order valence-electron chi connectivity index (χ0n) is 13.9. The van der Waals surface area contributed by atoms with Gasteiger partial charge >= 0.3 is 0 Å². The van der Waals surface area contributed by atoms with E-state index in [0.717, 1.165) is 43.0 Å². The van der Waals surface area contributed by atoms with Crippen molar-refractivity contribution >= 4 is 11.6 Å². The van der Waals surface area contributed by atoms with Gasteiger partial charge in [-0.25, -0.2) is 4.68 Å². The summed E-state index contributed by atoms with van der Waals surface area (Å²) < 4.78 is 1.89. The number of hydrogen-bond acceptors (Lipinski definition) is 4. The van der Waals surface area contributed by atoms with E-state index in [1.165, 1.54) is 0 Å². The van der Waals surface area contributed by atoms with Crippen molar-refractivity contribution in [3.8, 4) is 5.69 Å². The zero-order valence-corrected chi connectivity index (χ0v) is 13.9. The fraction of sp³-hybridized carbons (Fsp3) is 0.471. The Hall–Kier alpha value is -2.37. The maximum atomic E-state index is 12.1. The van der Waals surface area contributed by atoms with Gasteiger partial charge in [0.05, 0.1) is 23.3 Å². The molecule has 2 aromatic rings. The minimum Gasteiger partial charge on any atom is -0.368 e. The van der Waals surface area contributed by atoms with Crippen LogP contribution in [0, 0.1) is 12.8 Å². The lowest BCUT2D eigenvalue weighted by molar-refractivity contribution is -0.133. The predicted molar refractivity (Wildman–Crippen MR) is 89.7 cm³/mol. The van der Waals surface area contributed by atoms with Crippen LogP contribution < -0.4 is 4.90 Å². The number of hydrogen-bond donors (Lipinski definition) is 0. The van der Waals surface area contributed by atoms with Gasteiger partial charge in [-0.1, -0.05) is 0 Å². The second kappa shape index (κ2) is 6.40. The summed E-state index contributed by atoms with van der Waals surface area (Å²) >= 11 is 0. The Morgan fingerprint density at radius 1 is 1.22 bits per heavy atom. The molecule has 23 heavy (non-hydrogen) atoms. The number of pyridine rings is 1. The molecule has 0 aromatic carbocycles. The van der Waals surface area contributed by atoms with Gasteiger partial charge in [0.25, 0.3) is 0 Å². The molecule has 6 heteroatoms. The number of aryl methyl sites for hydroxylation is 1. The van der Waals surface area contributed by atoms with E-state index in [-0.39, 0.29) is 11.8 Å². The molecule has 0 N–H and O–H groups in total. The highest BCUT2D eigenvalue weighted by Gasteiger charge is 2.27. The first kappa shape index (κ1) is 15.5. The predicted octanol–water partition coefficient (Wildman–Crippen LogP) is 1.88. The second-order valence-corrected chi connectivity index (χ2v) is 6.26. The highest BCUT2D eigenvalue weighted by Crippen LogP contribution is 2.28. The Labute approximate surface area is 136 Å². The summed E-state index contributed by atoms with van der Waals surface area (Å²) in [4.78, 5) is 20.4. The lowest BCUT2D eigenvalue weighted by atomic mass is 9.95. The molecule has 6 nitrogen and oxygen atoms in total. The molecular formula is C17H23N5O. The van der Waals surface area contributed by atoms with Gasteiger partial charge in [0.2, 0.25) is 5.91 Å². The largest absolute Gasteiger partial charge is 0.368 e. The quantitative estimate of drug-likeness (QED) is 0.868. The number of carbonyl (C=O) groups excluding carboxylic acids is 1. The lowest BCUT2D eigenvalue weighted by Crippen LogP contribution is -2.40. The first-order chi connectivity index (χ1) is 11.1. The van der Waals surface area contributed by atoms with Crippen molar-refractivity contribution in [2.45, 2.75) is 19.8 Å². The van der Waals surface area contributed by atoms with Crippen molar-refractivity contribution in [1.29, 1.82) is 0 Å². The van der Waals surface area contributed by atoms with E-state index >= 15 is 0 Å². The van der Waals surface area contributed by atoms with Crippen molar-refractivity contribution in [2.24, 2.45) is 5.92 Å². The minimum absolute atomic E-state index is 0.133. The minimum atomic E-state index is 0.133. The van der Waals surface area contributed by atoms with E-state index in [1.807, 2.05) is 50.2 Å². The Balaban J connectivity index is 1.78. The fourth-order valence-electron chi connectivity index (χ4n) is 3.10. The van der Waals surface area contributed by atoms with Gasteiger partial charge in [-0.3, -0.25) is 9.78 Å². The van der Waals surface area contributed by atoms with Crippen LogP contribution in [-0.4, -0.2) is 52.8 Å². The Morgan fingerprint density at radius 3 is 2.57 bits per heavy atom. The molecule has 0 saturated carbocycles. The highest BCUT2D eigenvalue weighted by molar-refractivity contribution is 5.78. The van der Waals surface area contributed by atoms with Crippen LogP contribution in [-0.2, 0) is 4.79 Å². The van der Waals surface area contributed by atoms with Gasteiger partial charge < -0.3 is 9.80 Å². The highest BCUT2D eigenvalue weighted by atomic mass is 16.2. The molecule has 3 heterocycles. The van der Waals surface area contributed by atoms with Crippen LogP contribution in [0.2, 0.25) is 0 Å².